The molecule has 0 aliphatic heterocycles. The largest absolute Gasteiger partial charge is 0.411 e. The van der Waals surface area contributed by atoms with E-state index in [4.69, 9.17) is 10.4 Å². The van der Waals surface area contributed by atoms with E-state index in [1.54, 1.807) is 0 Å². The van der Waals surface area contributed by atoms with Gasteiger partial charge in [0.25, 0.3) is 0 Å². The molecule has 4 heteroatoms. The van der Waals surface area contributed by atoms with Crippen molar-refractivity contribution in [2.75, 3.05) is 0 Å². The molecule has 0 unspecified atom stereocenters. The van der Waals surface area contributed by atoms with Crippen LogP contribution < -0.4 is 0 Å². The fourth-order valence-electron chi connectivity index (χ4n) is 1.25. The molecule has 0 heterocycles. The van der Waals surface area contributed by atoms with E-state index in [0.29, 0.717) is 0 Å². The van der Waals surface area contributed by atoms with Gasteiger partial charge in [-0.2, -0.15) is 0 Å². The molecule has 0 saturated heterocycles. The van der Waals surface area contributed by atoms with Crippen LogP contribution in [0.15, 0.2) is 10.3 Å². The number of hydrogen-bond donors (Lipinski definition) is 2. The Morgan fingerprint density at radius 2 is 1.71 bits per heavy atom. The van der Waals surface area contributed by atoms with Crippen molar-refractivity contribution in [3.05, 3.63) is 0 Å². The average molecular weight is 200 g/mol. The van der Waals surface area contributed by atoms with Crippen molar-refractivity contribution < 1.29 is 10.4 Å². The van der Waals surface area contributed by atoms with Gasteiger partial charge in [0.05, 0.1) is 5.71 Å². The van der Waals surface area contributed by atoms with Crippen molar-refractivity contribution in [3.63, 3.8) is 0 Å². The van der Waals surface area contributed by atoms with Crippen molar-refractivity contribution in [1.82, 2.24) is 0 Å². The van der Waals surface area contributed by atoms with Crippen LogP contribution in [0.4, 0.5) is 0 Å². The van der Waals surface area contributed by atoms with Gasteiger partial charge in [0.15, 0.2) is 0 Å². The van der Waals surface area contributed by atoms with Crippen LogP contribution in [-0.4, -0.2) is 22.3 Å². The summed E-state index contributed by atoms with van der Waals surface area (Å²) in [6.45, 7) is 1.83. The highest BCUT2D eigenvalue weighted by molar-refractivity contribution is 5.81. The normalized spacial score (nSPS) is 12.5. The zero-order valence-electron chi connectivity index (χ0n) is 8.82. The smallest absolute Gasteiger partial charge is 0.0540 e. The Balaban J connectivity index is 3.06. The van der Waals surface area contributed by atoms with Gasteiger partial charge in [0, 0.05) is 6.21 Å². The molecule has 14 heavy (non-hydrogen) atoms. The lowest BCUT2D eigenvalue weighted by molar-refractivity contribution is 0.317. The van der Waals surface area contributed by atoms with E-state index < -0.39 is 0 Å². The van der Waals surface area contributed by atoms with E-state index in [-0.39, 0.29) is 0 Å². The molecule has 0 aliphatic rings. The molecule has 0 saturated carbocycles. The van der Waals surface area contributed by atoms with Crippen LogP contribution in [0.1, 0.15) is 51.9 Å². The van der Waals surface area contributed by atoms with E-state index in [1.165, 1.54) is 25.5 Å². The van der Waals surface area contributed by atoms with Crippen LogP contribution in [0.2, 0.25) is 0 Å². The summed E-state index contributed by atoms with van der Waals surface area (Å²) in [6, 6.07) is 0. The third-order valence-corrected chi connectivity index (χ3v) is 2.12. The van der Waals surface area contributed by atoms with Crippen molar-refractivity contribution in [2.45, 2.75) is 51.9 Å². The van der Waals surface area contributed by atoms with Gasteiger partial charge in [-0.15, -0.1) is 5.16 Å². The second kappa shape index (κ2) is 10.0. The molecule has 0 fully saturated rings. The maximum Gasteiger partial charge on any atom is 0.0540 e. The molecule has 0 bridgehead atoms. The lowest BCUT2D eigenvalue weighted by atomic mass is 10.1. The maximum absolute atomic E-state index is 8.38. The fraction of sp³-hybridized carbons (Fsp3) is 0.800. The Bertz CT molecular complexity index is 179. The Labute approximate surface area is 85.3 Å². The van der Waals surface area contributed by atoms with Crippen LogP contribution in [0.5, 0.6) is 0 Å². The highest BCUT2D eigenvalue weighted by Crippen LogP contribution is 2.07. The number of oxime groups is 2. The van der Waals surface area contributed by atoms with E-state index in [2.05, 4.69) is 10.3 Å². The summed E-state index contributed by atoms with van der Waals surface area (Å²) in [6.07, 6.45) is 8.97. The van der Waals surface area contributed by atoms with Gasteiger partial charge in [-0.05, 0) is 32.6 Å². The lowest BCUT2D eigenvalue weighted by Gasteiger charge is -1.99. The molecule has 0 aromatic rings. The summed E-state index contributed by atoms with van der Waals surface area (Å²) in [5.41, 5.74) is 0.803. The third-order valence-electron chi connectivity index (χ3n) is 2.12. The van der Waals surface area contributed by atoms with Crippen molar-refractivity contribution >= 4 is 11.9 Å². The van der Waals surface area contributed by atoms with Crippen molar-refractivity contribution in [3.8, 4) is 0 Å². The summed E-state index contributed by atoms with van der Waals surface area (Å²) >= 11 is 0. The number of hydrogen-bond acceptors (Lipinski definition) is 4. The fourth-order valence-corrected chi connectivity index (χ4v) is 1.25. The van der Waals surface area contributed by atoms with Crippen LogP contribution in [0.25, 0.3) is 0 Å². The van der Waals surface area contributed by atoms with Gasteiger partial charge in [-0.25, -0.2) is 0 Å². The minimum Gasteiger partial charge on any atom is -0.411 e. The van der Waals surface area contributed by atoms with Gasteiger partial charge in [-0.1, -0.05) is 24.4 Å². The molecule has 82 valence electrons. The van der Waals surface area contributed by atoms with Crippen LogP contribution in [0.3, 0.4) is 0 Å². The molecule has 0 aliphatic carbocycles. The topological polar surface area (TPSA) is 65.2 Å². The predicted molar refractivity (Wildman–Crippen MR) is 57.5 cm³/mol. The molecule has 0 amide bonds. The Hall–Kier alpha value is -1.06. The summed E-state index contributed by atoms with van der Waals surface area (Å²) in [5.74, 6) is 0. The van der Waals surface area contributed by atoms with Crippen LogP contribution in [-0.2, 0) is 0 Å². The van der Waals surface area contributed by atoms with Crippen molar-refractivity contribution in [2.24, 2.45) is 10.3 Å². The maximum atomic E-state index is 8.38. The first-order chi connectivity index (χ1) is 6.81. The van der Waals surface area contributed by atoms with E-state index >= 15 is 0 Å². The predicted octanol–water partition coefficient (Wildman–Crippen LogP) is 3.03. The zero-order chi connectivity index (χ0) is 10.6. The first-order valence-corrected chi connectivity index (χ1v) is 5.14. The molecule has 0 atom stereocenters. The van der Waals surface area contributed by atoms with Gasteiger partial charge >= 0.3 is 0 Å². The SMILES string of the molecule is CC(CCCCCCCC=NO)=NO. The van der Waals surface area contributed by atoms with Gasteiger partial charge < -0.3 is 10.4 Å². The first-order valence-electron chi connectivity index (χ1n) is 5.14. The molecule has 4 nitrogen and oxygen atoms in total. The quantitative estimate of drug-likeness (QED) is 0.274. The first kappa shape index (κ1) is 12.9. The summed E-state index contributed by atoms with van der Waals surface area (Å²) in [4.78, 5) is 0. The molecular formula is C10H20N2O2. The standard InChI is InChI=1S/C10H20N2O2/c1-10(12-14)8-6-4-2-3-5-7-9-11-13/h9,13-14H,2-8H2,1H3. The Morgan fingerprint density at radius 1 is 1.07 bits per heavy atom. The molecule has 0 spiro atoms. The molecular weight excluding hydrogens is 180 g/mol. The van der Waals surface area contributed by atoms with Gasteiger partial charge in [-0.3, -0.25) is 0 Å². The van der Waals surface area contributed by atoms with Gasteiger partial charge in [0.1, 0.15) is 0 Å². The monoisotopic (exact) mass is 200 g/mol. The van der Waals surface area contributed by atoms with E-state index in [0.717, 1.165) is 31.4 Å². The second-order valence-electron chi connectivity index (χ2n) is 3.44. The van der Waals surface area contributed by atoms with E-state index in [1.807, 2.05) is 6.92 Å². The molecule has 0 radical (unpaired) electrons. The average Bonchev–Trinajstić information content (AvgIpc) is 2.21. The lowest BCUT2D eigenvalue weighted by Crippen LogP contribution is -1.90. The second-order valence-corrected chi connectivity index (χ2v) is 3.44. The number of unbranched alkanes of at least 4 members (excludes halogenated alkanes) is 5. The third kappa shape index (κ3) is 9.03. The van der Waals surface area contributed by atoms with E-state index in [9.17, 15) is 0 Å². The number of nitrogens with zero attached hydrogens (tertiary/aromatic N) is 2. The number of rotatable bonds is 8. The van der Waals surface area contributed by atoms with Crippen LogP contribution in [0, 0.1) is 0 Å². The summed E-state index contributed by atoms with van der Waals surface area (Å²) in [7, 11) is 0. The minimum absolute atomic E-state index is 0.803. The van der Waals surface area contributed by atoms with Crippen molar-refractivity contribution in [1.29, 1.82) is 0 Å². The minimum atomic E-state index is 0.803. The highest BCUT2D eigenvalue weighted by Gasteiger charge is 1.93. The molecule has 2 N–H and O–H groups in total. The molecule has 0 aromatic carbocycles. The van der Waals surface area contributed by atoms with Gasteiger partial charge in [0.2, 0.25) is 0 Å². The molecule has 0 rings (SSSR count). The summed E-state index contributed by atoms with van der Waals surface area (Å²) < 4.78 is 0. The Morgan fingerprint density at radius 3 is 2.36 bits per heavy atom. The van der Waals surface area contributed by atoms with Crippen LogP contribution >= 0.6 is 0 Å². The highest BCUT2D eigenvalue weighted by atomic mass is 16.4. The summed E-state index contributed by atoms with van der Waals surface area (Å²) in [5, 5.41) is 22.6. The zero-order valence-corrected chi connectivity index (χ0v) is 8.82. The Kier molecular flexibility index (Phi) is 9.26. The molecule has 0 aromatic heterocycles.